The van der Waals surface area contributed by atoms with Crippen LogP contribution in [0.5, 0.6) is 5.75 Å². The van der Waals surface area contributed by atoms with Gasteiger partial charge < -0.3 is 10.1 Å². The van der Waals surface area contributed by atoms with Crippen molar-refractivity contribution in [3.63, 3.8) is 0 Å². The molecular weight excluding hydrogens is 281 g/mol. The van der Waals surface area contributed by atoms with Crippen LogP contribution in [0.4, 0.5) is 5.69 Å². The molecule has 2 aromatic rings. The fraction of sp³-hybridized carbons (Fsp3) is 0.200. The van der Waals surface area contributed by atoms with Gasteiger partial charge in [-0.1, -0.05) is 47.5 Å². The van der Waals surface area contributed by atoms with E-state index in [2.05, 4.69) is 11.4 Å². The van der Waals surface area contributed by atoms with Crippen molar-refractivity contribution >= 4 is 28.9 Å². The Balaban J connectivity index is 1.64. The molecule has 0 bridgehead atoms. The zero-order valence-electron chi connectivity index (χ0n) is 10.2. The van der Waals surface area contributed by atoms with Crippen molar-refractivity contribution in [3.8, 4) is 5.75 Å². The van der Waals surface area contributed by atoms with Gasteiger partial charge >= 0.3 is 0 Å². The van der Waals surface area contributed by atoms with Gasteiger partial charge in [-0.25, -0.2) is 0 Å². The molecule has 19 heavy (non-hydrogen) atoms. The van der Waals surface area contributed by atoms with Gasteiger partial charge in [0.25, 0.3) is 0 Å². The van der Waals surface area contributed by atoms with Crippen LogP contribution < -0.4 is 10.1 Å². The predicted molar refractivity (Wildman–Crippen MR) is 79.5 cm³/mol. The summed E-state index contributed by atoms with van der Waals surface area (Å²) in [4.78, 5) is 0. The molecule has 0 fully saturated rings. The van der Waals surface area contributed by atoms with Crippen LogP contribution in [-0.4, -0.2) is 12.6 Å². The molecule has 1 heterocycles. The maximum atomic E-state index is 6.13. The molecule has 0 aromatic heterocycles. The molecule has 1 aliphatic rings. The number of ether oxygens (including phenoxy) is 1. The van der Waals surface area contributed by atoms with Crippen molar-refractivity contribution in [2.75, 3.05) is 11.9 Å². The Morgan fingerprint density at radius 2 is 1.95 bits per heavy atom. The maximum Gasteiger partial charge on any atom is 0.123 e. The van der Waals surface area contributed by atoms with E-state index in [0.29, 0.717) is 16.6 Å². The van der Waals surface area contributed by atoms with Gasteiger partial charge in [-0.3, -0.25) is 0 Å². The molecule has 0 spiro atoms. The fourth-order valence-corrected chi connectivity index (χ4v) is 2.60. The summed E-state index contributed by atoms with van der Waals surface area (Å²) in [5, 5.41) is 4.40. The number of fused-ring (bicyclic) bond motifs is 1. The highest BCUT2D eigenvalue weighted by Crippen LogP contribution is 2.31. The standard InChI is InChI=1S/C15H13Cl2NO/c16-12-5-3-6-13(15(12)17)18-9-11-8-10-4-1-2-7-14(10)19-11/h1-7,11,18H,8-9H2. The molecule has 1 aliphatic heterocycles. The largest absolute Gasteiger partial charge is 0.488 e. The summed E-state index contributed by atoms with van der Waals surface area (Å²) in [6.07, 6.45) is 1.05. The summed E-state index contributed by atoms with van der Waals surface area (Å²) in [6.45, 7) is 0.703. The van der Waals surface area contributed by atoms with Crippen molar-refractivity contribution in [3.05, 3.63) is 58.1 Å². The molecule has 1 unspecified atom stereocenters. The lowest BCUT2D eigenvalue weighted by Crippen LogP contribution is -2.24. The normalized spacial score (nSPS) is 16.8. The third kappa shape index (κ3) is 2.65. The molecule has 1 atom stereocenters. The predicted octanol–water partition coefficient (Wildman–Crippen LogP) is 4.41. The van der Waals surface area contributed by atoms with Gasteiger partial charge in [-0.15, -0.1) is 0 Å². The molecule has 3 rings (SSSR count). The zero-order chi connectivity index (χ0) is 13.2. The van der Waals surface area contributed by atoms with Gasteiger partial charge in [0.2, 0.25) is 0 Å². The monoisotopic (exact) mass is 293 g/mol. The number of hydrogen-bond donors (Lipinski definition) is 1. The van der Waals surface area contributed by atoms with Crippen molar-refractivity contribution in [2.24, 2.45) is 0 Å². The number of benzene rings is 2. The van der Waals surface area contributed by atoms with Crippen LogP contribution in [0.25, 0.3) is 0 Å². The SMILES string of the molecule is Clc1cccc(NCC2Cc3ccccc3O2)c1Cl. The van der Waals surface area contributed by atoms with Crippen LogP contribution >= 0.6 is 23.2 Å². The maximum absolute atomic E-state index is 6.13. The van der Waals surface area contributed by atoms with E-state index in [1.54, 1.807) is 6.07 Å². The Morgan fingerprint density at radius 3 is 2.79 bits per heavy atom. The minimum Gasteiger partial charge on any atom is -0.488 e. The Morgan fingerprint density at radius 1 is 1.11 bits per heavy atom. The summed E-state index contributed by atoms with van der Waals surface area (Å²) in [5.74, 6) is 0.978. The van der Waals surface area contributed by atoms with Gasteiger partial charge in [0.15, 0.2) is 0 Å². The van der Waals surface area contributed by atoms with Gasteiger partial charge in [0.05, 0.1) is 22.3 Å². The molecular formula is C15H13Cl2NO. The minimum absolute atomic E-state index is 0.132. The van der Waals surface area contributed by atoms with E-state index >= 15 is 0 Å². The molecule has 1 N–H and O–H groups in total. The van der Waals surface area contributed by atoms with Crippen LogP contribution in [0.1, 0.15) is 5.56 Å². The highest BCUT2D eigenvalue weighted by Gasteiger charge is 2.22. The van der Waals surface area contributed by atoms with E-state index < -0.39 is 0 Å². The van der Waals surface area contributed by atoms with E-state index in [4.69, 9.17) is 27.9 Å². The average Bonchev–Trinajstić information content (AvgIpc) is 2.83. The lowest BCUT2D eigenvalue weighted by atomic mass is 10.1. The summed E-state index contributed by atoms with van der Waals surface area (Å²) in [5.41, 5.74) is 2.10. The van der Waals surface area contributed by atoms with Gasteiger partial charge in [-0.05, 0) is 23.8 Å². The molecule has 98 valence electrons. The van der Waals surface area contributed by atoms with Crippen molar-refractivity contribution < 1.29 is 4.74 Å². The van der Waals surface area contributed by atoms with E-state index in [9.17, 15) is 0 Å². The van der Waals surface area contributed by atoms with E-state index in [-0.39, 0.29) is 6.10 Å². The minimum atomic E-state index is 0.132. The molecule has 0 radical (unpaired) electrons. The van der Waals surface area contributed by atoms with E-state index in [0.717, 1.165) is 17.9 Å². The number of rotatable bonds is 3. The highest BCUT2D eigenvalue weighted by atomic mass is 35.5. The Kier molecular flexibility index (Phi) is 3.54. The Bertz CT molecular complexity index is 575. The first-order valence-corrected chi connectivity index (χ1v) is 6.92. The second-order valence-electron chi connectivity index (χ2n) is 4.53. The smallest absolute Gasteiger partial charge is 0.123 e. The molecule has 0 aliphatic carbocycles. The van der Waals surface area contributed by atoms with Crippen LogP contribution in [-0.2, 0) is 6.42 Å². The quantitative estimate of drug-likeness (QED) is 0.905. The fourth-order valence-electron chi connectivity index (χ4n) is 2.23. The van der Waals surface area contributed by atoms with Crippen molar-refractivity contribution in [2.45, 2.75) is 12.5 Å². The third-order valence-electron chi connectivity index (χ3n) is 3.19. The topological polar surface area (TPSA) is 21.3 Å². The first-order valence-electron chi connectivity index (χ1n) is 6.16. The van der Waals surface area contributed by atoms with E-state index in [1.807, 2.05) is 30.3 Å². The number of para-hydroxylation sites is 1. The number of halogens is 2. The summed E-state index contributed by atoms with van der Waals surface area (Å²) in [7, 11) is 0. The molecule has 4 heteroatoms. The lowest BCUT2D eigenvalue weighted by Gasteiger charge is -2.14. The first kappa shape index (κ1) is 12.6. The molecule has 0 saturated carbocycles. The van der Waals surface area contributed by atoms with Crippen LogP contribution in [0.15, 0.2) is 42.5 Å². The lowest BCUT2D eigenvalue weighted by molar-refractivity contribution is 0.246. The first-order chi connectivity index (χ1) is 9.24. The third-order valence-corrected chi connectivity index (χ3v) is 4.00. The van der Waals surface area contributed by atoms with Crippen LogP contribution in [0, 0.1) is 0 Å². The molecule has 2 aromatic carbocycles. The number of hydrogen-bond acceptors (Lipinski definition) is 2. The zero-order valence-corrected chi connectivity index (χ0v) is 11.7. The second-order valence-corrected chi connectivity index (χ2v) is 5.32. The second kappa shape index (κ2) is 5.32. The van der Waals surface area contributed by atoms with E-state index in [1.165, 1.54) is 5.56 Å². The summed E-state index contributed by atoms with van der Waals surface area (Å²) < 4.78 is 5.86. The van der Waals surface area contributed by atoms with Crippen LogP contribution in [0.3, 0.4) is 0 Å². The van der Waals surface area contributed by atoms with Crippen molar-refractivity contribution in [1.29, 1.82) is 0 Å². The molecule has 0 saturated heterocycles. The molecule has 2 nitrogen and oxygen atoms in total. The Hall–Kier alpha value is -1.38. The van der Waals surface area contributed by atoms with Crippen molar-refractivity contribution in [1.82, 2.24) is 0 Å². The van der Waals surface area contributed by atoms with Gasteiger partial charge in [0, 0.05) is 6.42 Å². The summed E-state index contributed by atoms with van der Waals surface area (Å²) >= 11 is 12.1. The van der Waals surface area contributed by atoms with Crippen LogP contribution in [0.2, 0.25) is 10.0 Å². The number of anilines is 1. The average molecular weight is 294 g/mol. The highest BCUT2D eigenvalue weighted by molar-refractivity contribution is 6.43. The number of nitrogens with one attached hydrogen (secondary N) is 1. The summed E-state index contributed by atoms with van der Waals surface area (Å²) in [6, 6.07) is 13.7. The molecule has 0 amide bonds. The van der Waals surface area contributed by atoms with Gasteiger partial charge in [-0.2, -0.15) is 0 Å². The van der Waals surface area contributed by atoms with Gasteiger partial charge in [0.1, 0.15) is 11.9 Å². The Labute approximate surface area is 122 Å².